The van der Waals surface area contributed by atoms with Crippen molar-refractivity contribution in [3.63, 3.8) is 0 Å². The second-order valence-corrected chi connectivity index (χ2v) is 12.0. The van der Waals surface area contributed by atoms with E-state index in [1.165, 1.54) is 40.9 Å². The Morgan fingerprint density at radius 1 is 0.974 bits per heavy atom. The Kier molecular flexibility index (Phi) is 7.31. The van der Waals surface area contributed by atoms with Crippen molar-refractivity contribution in [2.45, 2.75) is 17.7 Å². The van der Waals surface area contributed by atoms with Gasteiger partial charge in [0.25, 0.3) is 5.91 Å². The van der Waals surface area contributed by atoms with Crippen molar-refractivity contribution in [2.75, 3.05) is 11.9 Å². The van der Waals surface area contributed by atoms with Gasteiger partial charge in [-0.1, -0.05) is 72.5 Å². The third-order valence-electron chi connectivity index (χ3n) is 6.21. The van der Waals surface area contributed by atoms with Crippen LogP contribution in [0.1, 0.15) is 18.4 Å². The van der Waals surface area contributed by atoms with E-state index in [9.17, 15) is 18.0 Å². The number of rotatable bonds is 7. The highest BCUT2D eigenvalue weighted by Crippen LogP contribution is 2.36. The molecule has 0 aliphatic carbocycles. The fourth-order valence-electron chi connectivity index (χ4n) is 4.38. The molecule has 10 heteroatoms. The minimum Gasteiger partial charge on any atom is -0.326 e. The van der Waals surface area contributed by atoms with Crippen LogP contribution in [0, 0.1) is 0 Å². The lowest BCUT2D eigenvalue weighted by Crippen LogP contribution is -2.29. The third kappa shape index (κ3) is 5.48. The Hall–Kier alpha value is -3.57. The van der Waals surface area contributed by atoms with Crippen LogP contribution in [0.2, 0.25) is 0 Å². The summed E-state index contributed by atoms with van der Waals surface area (Å²) < 4.78 is 23.2. The molecule has 1 aliphatic rings. The van der Waals surface area contributed by atoms with Gasteiger partial charge in [0.1, 0.15) is 4.32 Å². The second-order valence-electron chi connectivity index (χ2n) is 8.79. The number of carbonyl (C=O) groups excluding carboxylic acids is 2. The van der Waals surface area contributed by atoms with E-state index in [1.807, 2.05) is 30.3 Å². The topological polar surface area (TPSA) is 110 Å². The van der Waals surface area contributed by atoms with Crippen molar-refractivity contribution in [3.05, 3.63) is 89.3 Å². The molecular formula is C28H23N3O4S3. The van der Waals surface area contributed by atoms with Crippen LogP contribution in [-0.2, 0) is 19.6 Å². The van der Waals surface area contributed by atoms with Gasteiger partial charge in [0.15, 0.2) is 0 Å². The van der Waals surface area contributed by atoms with Crippen molar-refractivity contribution in [2.24, 2.45) is 5.14 Å². The number of benzene rings is 4. The molecule has 0 radical (unpaired) electrons. The molecule has 0 spiro atoms. The Morgan fingerprint density at radius 2 is 1.58 bits per heavy atom. The number of primary sulfonamides is 1. The minimum atomic E-state index is -3.80. The van der Waals surface area contributed by atoms with Crippen LogP contribution < -0.4 is 10.5 Å². The predicted octanol–water partition coefficient (Wildman–Crippen LogP) is 5.26. The molecule has 7 nitrogen and oxygen atoms in total. The minimum absolute atomic E-state index is 0.0330. The highest BCUT2D eigenvalue weighted by atomic mass is 32.2. The van der Waals surface area contributed by atoms with E-state index >= 15 is 0 Å². The summed E-state index contributed by atoms with van der Waals surface area (Å²) in [6.45, 7) is 0.316. The first-order valence-electron chi connectivity index (χ1n) is 11.8. The van der Waals surface area contributed by atoms with Crippen LogP contribution in [0.25, 0.3) is 27.6 Å². The molecule has 38 heavy (non-hydrogen) atoms. The molecule has 0 unspecified atom stereocenters. The zero-order valence-electron chi connectivity index (χ0n) is 20.1. The van der Waals surface area contributed by atoms with Crippen LogP contribution in [0.5, 0.6) is 0 Å². The Bertz CT molecular complexity index is 1680. The Labute approximate surface area is 229 Å². The standard InChI is InChI=1S/C28H23N3O4S3/c29-38(34,35)21-13-11-20(12-14-21)30-26(32)10-5-15-31-27(33)25(37-28(31)36)17-24-22-8-3-1-6-18(22)16-19-7-2-4-9-23(19)24/h1-4,6-9,11-14,16-17H,5,10,15H2,(H,30,32)(H2,29,34,35)/b25-17-. The molecule has 2 amide bonds. The van der Waals surface area contributed by atoms with Crippen LogP contribution in [0.15, 0.2) is 88.7 Å². The summed E-state index contributed by atoms with van der Waals surface area (Å²) in [4.78, 5) is 27.7. The molecule has 1 heterocycles. The number of hydrogen-bond donors (Lipinski definition) is 2. The predicted molar refractivity (Wildman–Crippen MR) is 157 cm³/mol. The first-order chi connectivity index (χ1) is 18.2. The molecular weight excluding hydrogens is 539 g/mol. The van der Waals surface area contributed by atoms with Gasteiger partial charge < -0.3 is 5.32 Å². The van der Waals surface area contributed by atoms with Crippen molar-refractivity contribution >= 4 is 83.4 Å². The number of sulfonamides is 1. The van der Waals surface area contributed by atoms with Gasteiger partial charge in [-0.05, 0) is 69.9 Å². The van der Waals surface area contributed by atoms with Crippen molar-refractivity contribution in [3.8, 4) is 0 Å². The van der Waals surface area contributed by atoms with Crippen molar-refractivity contribution < 1.29 is 18.0 Å². The summed E-state index contributed by atoms with van der Waals surface area (Å²) in [5.41, 5.74) is 1.44. The molecule has 1 fully saturated rings. The van der Waals surface area contributed by atoms with E-state index in [0.29, 0.717) is 27.9 Å². The van der Waals surface area contributed by atoms with Crippen LogP contribution in [0.4, 0.5) is 5.69 Å². The van der Waals surface area contributed by atoms with E-state index < -0.39 is 10.0 Å². The van der Waals surface area contributed by atoms with E-state index in [-0.39, 0.29) is 23.1 Å². The SMILES string of the molecule is NS(=O)(=O)c1ccc(NC(=O)CCCN2C(=O)/C(=C/c3c4ccccc4cc4ccccc34)SC2=S)cc1. The van der Waals surface area contributed by atoms with Gasteiger partial charge in [-0.3, -0.25) is 14.5 Å². The molecule has 192 valence electrons. The van der Waals surface area contributed by atoms with Crippen LogP contribution in [-0.4, -0.2) is 36.0 Å². The van der Waals surface area contributed by atoms with Gasteiger partial charge in [-0.25, -0.2) is 13.6 Å². The lowest BCUT2D eigenvalue weighted by atomic mass is 9.96. The number of thiocarbonyl (C=S) groups is 1. The molecule has 4 aromatic rings. The lowest BCUT2D eigenvalue weighted by Gasteiger charge is -2.14. The van der Waals surface area contributed by atoms with Crippen molar-refractivity contribution in [1.82, 2.24) is 4.90 Å². The molecule has 4 aromatic carbocycles. The number of thioether (sulfide) groups is 1. The highest BCUT2D eigenvalue weighted by Gasteiger charge is 2.32. The maximum atomic E-state index is 13.3. The average molecular weight is 562 g/mol. The van der Waals surface area contributed by atoms with Gasteiger partial charge in [0.05, 0.1) is 9.80 Å². The zero-order chi connectivity index (χ0) is 26.9. The fraction of sp³-hybridized carbons (Fsp3) is 0.107. The molecule has 0 aromatic heterocycles. The monoisotopic (exact) mass is 561 g/mol. The number of fused-ring (bicyclic) bond motifs is 2. The summed E-state index contributed by atoms with van der Waals surface area (Å²) in [6.07, 6.45) is 2.50. The molecule has 3 N–H and O–H groups in total. The van der Waals surface area contributed by atoms with Crippen molar-refractivity contribution in [1.29, 1.82) is 0 Å². The number of anilines is 1. The number of nitrogens with one attached hydrogen (secondary N) is 1. The Morgan fingerprint density at radius 3 is 2.18 bits per heavy atom. The molecule has 0 atom stereocenters. The van der Waals surface area contributed by atoms with Crippen LogP contribution >= 0.6 is 24.0 Å². The van der Waals surface area contributed by atoms with E-state index in [4.69, 9.17) is 17.4 Å². The molecule has 0 bridgehead atoms. The highest BCUT2D eigenvalue weighted by molar-refractivity contribution is 8.26. The van der Waals surface area contributed by atoms with E-state index in [0.717, 1.165) is 27.1 Å². The zero-order valence-corrected chi connectivity index (χ0v) is 22.5. The first kappa shape index (κ1) is 26.1. The lowest BCUT2D eigenvalue weighted by molar-refractivity contribution is -0.122. The largest absolute Gasteiger partial charge is 0.326 e. The van der Waals surface area contributed by atoms with Gasteiger partial charge in [0, 0.05) is 18.7 Å². The number of nitrogens with zero attached hydrogens (tertiary/aromatic N) is 1. The summed E-state index contributed by atoms with van der Waals surface area (Å²) in [6, 6.07) is 23.9. The summed E-state index contributed by atoms with van der Waals surface area (Å²) in [5, 5.41) is 12.1. The second kappa shape index (κ2) is 10.7. The first-order valence-corrected chi connectivity index (χ1v) is 14.6. The van der Waals surface area contributed by atoms with E-state index in [2.05, 4.69) is 35.6 Å². The summed E-state index contributed by atoms with van der Waals surface area (Å²) in [5.74, 6) is -0.424. The normalized spacial score (nSPS) is 15.1. The van der Waals surface area contributed by atoms with Gasteiger partial charge in [0.2, 0.25) is 15.9 Å². The summed E-state index contributed by atoms with van der Waals surface area (Å²) in [7, 11) is -3.80. The number of hydrogen-bond acceptors (Lipinski definition) is 6. The number of amides is 2. The molecule has 0 saturated carbocycles. The number of nitrogens with two attached hydrogens (primary N) is 1. The Balaban J connectivity index is 1.27. The van der Waals surface area contributed by atoms with Gasteiger partial charge >= 0.3 is 0 Å². The number of carbonyl (C=O) groups is 2. The smallest absolute Gasteiger partial charge is 0.266 e. The quantitative estimate of drug-likeness (QED) is 0.181. The maximum Gasteiger partial charge on any atom is 0.266 e. The molecule has 1 saturated heterocycles. The fourth-order valence-corrected chi connectivity index (χ4v) is 6.18. The average Bonchev–Trinajstić information content (AvgIpc) is 3.15. The van der Waals surface area contributed by atoms with Crippen LogP contribution in [0.3, 0.4) is 0 Å². The third-order valence-corrected chi connectivity index (χ3v) is 8.52. The van der Waals surface area contributed by atoms with Gasteiger partial charge in [-0.15, -0.1) is 0 Å². The molecule has 5 rings (SSSR count). The maximum absolute atomic E-state index is 13.3. The van der Waals surface area contributed by atoms with Gasteiger partial charge in [-0.2, -0.15) is 0 Å². The summed E-state index contributed by atoms with van der Waals surface area (Å²) >= 11 is 6.76. The van der Waals surface area contributed by atoms with E-state index in [1.54, 1.807) is 0 Å². The molecule has 1 aliphatic heterocycles.